The molecule has 0 radical (unpaired) electrons. The molecule has 3 heteroatoms. The van der Waals surface area contributed by atoms with Gasteiger partial charge in [-0.1, -0.05) is 18.7 Å². The molecule has 0 saturated heterocycles. The summed E-state index contributed by atoms with van der Waals surface area (Å²) in [6.45, 7) is 3.47. The zero-order chi connectivity index (χ0) is 8.97. The van der Waals surface area contributed by atoms with Gasteiger partial charge in [0, 0.05) is 0 Å². The molecule has 0 bridgehead atoms. The highest BCUT2D eigenvalue weighted by molar-refractivity contribution is 5.81. The van der Waals surface area contributed by atoms with Gasteiger partial charge in [-0.15, -0.1) is 0 Å². The number of rotatable bonds is 3. The normalized spacial score (nSPS) is 9.00. The van der Waals surface area contributed by atoms with Gasteiger partial charge in [-0.25, -0.2) is 0 Å². The minimum atomic E-state index is 0.299. The lowest BCUT2D eigenvalue weighted by molar-refractivity contribution is -0.104. The largest absolute Gasteiger partial charge is 0.397 e. The quantitative estimate of drug-likeness (QED) is 0.401. The number of carbonyl (C=O) groups excluding carboxylic acids is 1. The van der Waals surface area contributed by atoms with Crippen LogP contribution in [0.4, 0.5) is 11.4 Å². The Balaban J connectivity index is 2.82. The Labute approximate surface area is 70.9 Å². The molecule has 62 valence electrons. The number of aldehydes is 1. The molecule has 0 aromatic heterocycles. The third-order valence-electron chi connectivity index (χ3n) is 1.40. The van der Waals surface area contributed by atoms with E-state index in [4.69, 9.17) is 5.73 Å². The smallest absolute Gasteiger partial charge is 0.165 e. The molecule has 0 atom stereocenters. The maximum Gasteiger partial charge on any atom is 0.165 e. The number of hydrogen-bond acceptors (Lipinski definition) is 3. The van der Waals surface area contributed by atoms with Gasteiger partial charge in [0.05, 0.1) is 17.1 Å². The second-order valence-electron chi connectivity index (χ2n) is 2.36. The average Bonchev–Trinajstić information content (AvgIpc) is 2.09. The number of benzene rings is 1. The van der Waals surface area contributed by atoms with Crippen molar-refractivity contribution in [2.24, 2.45) is 0 Å². The van der Waals surface area contributed by atoms with Crippen molar-refractivity contribution in [2.45, 2.75) is 0 Å². The van der Waals surface area contributed by atoms with Crippen LogP contribution in [0.15, 0.2) is 36.5 Å². The molecule has 12 heavy (non-hydrogen) atoms. The lowest BCUT2D eigenvalue weighted by Crippen LogP contribution is -2.01. The molecule has 1 aromatic rings. The second-order valence-corrected chi connectivity index (χ2v) is 2.36. The molecular formula is C9H10N2O. The fraction of sp³-hybridized carbons (Fsp3) is 0. The van der Waals surface area contributed by atoms with Crippen molar-refractivity contribution < 1.29 is 4.79 Å². The van der Waals surface area contributed by atoms with Crippen LogP contribution in [-0.4, -0.2) is 6.29 Å². The highest BCUT2D eigenvalue weighted by Crippen LogP contribution is 2.17. The standard InChI is InChI=1S/C9H10N2O/c1-7(6-12)11-9-5-3-2-4-8(9)10/h2-6,11H,1,10H2. The topological polar surface area (TPSA) is 55.1 Å². The van der Waals surface area contributed by atoms with Crippen molar-refractivity contribution in [3.63, 3.8) is 0 Å². The third-order valence-corrected chi connectivity index (χ3v) is 1.40. The van der Waals surface area contributed by atoms with Crippen molar-refractivity contribution in [1.29, 1.82) is 0 Å². The molecule has 1 rings (SSSR count). The van der Waals surface area contributed by atoms with Crippen molar-refractivity contribution in [3.8, 4) is 0 Å². The Morgan fingerprint density at radius 2 is 2.17 bits per heavy atom. The predicted octanol–water partition coefficient (Wildman–Crippen LogP) is 1.39. The van der Waals surface area contributed by atoms with Crippen LogP contribution in [0.5, 0.6) is 0 Å². The first-order chi connectivity index (χ1) is 5.74. The molecule has 0 spiro atoms. The zero-order valence-electron chi connectivity index (χ0n) is 6.58. The SMILES string of the molecule is C=C(C=O)Nc1ccccc1N. The average molecular weight is 162 g/mol. The van der Waals surface area contributed by atoms with Crippen molar-refractivity contribution in [2.75, 3.05) is 11.1 Å². The zero-order valence-corrected chi connectivity index (χ0v) is 6.58. The van der Waals surface area contributed by atoms with Gasteiger partial charge >= 0.3 is 0 Å². The highest BCUT2D eigenvalue weighted by atomic mass is 16.1. The molecule has 3 nitrogen and oxygen atoms in total. The van der Waals surface area contributed by atoms with E-state index in [0.29, 0.717) is 23.4 Å². The monoisotopic (exact) mass is 162 g/mol. The van der Waals surface area contributed by atoms with Gasteiger partial charge in [-0.2, -0.15) is 0 Å². The number of carbonyl (C=O) groups is 1. The van der Waals surface area contributed by atoms with Crippen LogP contribution < -0.4 is 11.1 Å². The van der Waals surface area contributed by atoms with Gasteiger partial charge in [0.25, 0.3) is 0 Å². The summed E-state index contributed by atoms with van der Waals surface area (Å²) in [5.41, 5.74) is 7.20. The number of allylic oxidation sites excluding steroid dienone is 1. The van der Waals surface area contributed by atoms with E-state index in [2.05, 4.69) is 11.9 Å². The highest BCUT2D eigenvalue weighted by Gasteiger charge is 1.96. The Hall–Kier alpha value is -1.77. The Morgan fingerprint density at radius 3 is 2.75 bits per heavy atom. The molecule has 0 saturated carbocycles. The summed E-state index contributed by atoms with van der Waals surface area (Å²) in [5, 5.41) is 2.77. The Bertz CT molecular complexity index is 307. The van der Waals surface area contributed by atoms with E-state index in [1.807, 2.05) is 12.1 Å². The fourth-order valence-electron chi connectivity index (χ4n) is 0.813. The fourth-order valence-corrected chi connectivity index (χ4v) is 0.813. The van der Waals surface area contributed by atoms with Crippen LogP contribution in [0.1, 0.15) is 0 Å². The molecule has 3 N–H and O–H groups in total. The molecule has 0 aliphatic heterocycles. The number of hydrogen-bond donors (Lipinski definition) is 2. The molecule has 0 aliphatic carbocycles. The molecule has 0 aliphatic rings. The minimum Gasteiger partial charge on any atom is -0.397 e. The number of para-hydroxylation sites is 2. The molecule has 1 aromatic carbocycles. The van der Waals surface area contributed by atoms with Gasteiger partial charge in [0.1, 0.15) is 0 Å². The number of nitrogen functional groups attached to an aromatic ring is 1. The van der Waals surface area contributed by atoms with Gasteiger partial charge in [0.2, 0.25) is 0 Å². The summed E-state index contributed by atoms with van der Waals surface area (Å²) in [5.74, 6) is 0. The van der Waals surface area contributed by atoms with E-state index < -0.39 is 0 Å². The lowest BCUT2D eigenvalue weighted by atomic mass is 10.2. The van der Waals surface area contributed by atoms with Crippen LogP contribution in [0.3, 0.4) is 0 Å². The summed E-state index contributed by atoms with van der Waals surface area (Å²) in [6, 6.07) is 7.19. The molecule has 0 unspecified atom stereocenters. The van der Waals surface area contributed by atoms with Gasteiger partial charge in [-0.05, 0) is 12.1 Å². The molecule has 0 amide bonds. The van der Waals surface area contributed by atoms with Crippen LogP contribution in [0, 0.1) is 0 Å². The van der Waals surface area contributed by atoms with Gasteiger partial charge in [-0.3, -0.25) is 4.79 Å². The number of nitrogens with one attached hydrogen (secondary N) is 1. The van der Waals surface area contributed by atoms with Crippen molar-refractivity contribution >= 4 is 17.7 Å². The summed E-state index contributed by atoms with van der Waals surface area (Å²) in [6.07, 6.45) is 0.645. The van der Waals surface area contributed by atoms with E-state index >= 15 is 0 Å². The van der Waals surface area contributed by atoms with Crippen LogP contribution >= 0.6 is 0 Å². The Morgan fingerprint density at radius 1 is 1.50 bits per heavy atom. The maximum atomic E-state index is 10.2. The maximum absolute atomic E-state index is 10.2. The van der Waals surface area contributed by atoms with E-state index in [1.165, 1.54) is 0 Å². The van der Waals surface area contributed by atoms with E-state index in [-0.39, 0.29) is 0 Å². The first-order valence-electron chi connectivity index (χ1n) is 3.49. The molecular weight excluding hydrogens is 152 g/mol. The summed E-state index contributed by atoms with van der Waals surface area (Å²) < 4.78 is 0. The summed E-state index contributed by atoms with van der Waals surface area (Å²) in [4.78, 5) is 10.2. The first kappa shape index (κ1) is 8.33. The summed E-state index contributed by atoms with van der Waals surface area (Å²) >= 11 is 0. The summed E-state index contributed by atoms with van der Waals surface area (Å²) in [7, 11) is 0. The van der Waals surface area contributed by atoms with Gasteiger partial charge in [0.15, 0.2) is 6.29 Å². The third kappa shape index (κ3) is 1.85. The van der Waals surface area contributed by atoms with Crippen LogP contribution in [-0.2, 0) is 4.79 Å². The van der Waals surface area contributed by atoms with E-state index in [0.717, 1.165) is 0 Å². The first-order valence-corrected chi connectivity index (χ1v) is 3.49. The molecule has 0 fully saturated rings. The van der Waals surface area contributed by atoms with Crippen LogP contribution in [0.25, 0.3) is 0 Å². The van der Waals surface area contributed by atoms with Crippen molar-refractivity contribution in [3.05, 3.63) is 36.5 Å². The van der Waals surface area contributed by atoms with E-state index in [1.54, 1.807) is 12.1 Å². The van der Waals surface area contributed by atoms with E-state index in [9.17, 15) is 4.79 Å². The Kier molecular flexibility index (Phi) is 2.48. The predicted molar refractivity (Wildman–Crippen MR) is 49.7 cm³/mol. The number of nitrogens with two attached hydrogens (primary N) is 1. The molecule has 0 heterocycles. The second kappa shape index (κ2) is 3.57. The van der Waals surface area contributed by atoms with Crippen molar-refractivity contribution in [1.82, 2.24) is 0 Å². The number of anilines is 2. The van der Waals surface area contributed by atoms with Crippen LogP contribution in [0.2, 0.25) is 0 Å². The minimum absolute atomic E-state index is 0.299. The lowest BCUT2D eigenvalue weighted by Gasteiger charge is -2.06. The van der Waals surface area contributed by atoms with Gasteiger partial charge < -0.3 is 11.1 Å².